The molecule has 2 rings (SSSR count). The van der Waals surface area contributed by atoms with Gasteiger partial charge in [-0.3, -0.25) is 0 Å². The second kappa shape index (κ2) is 5.41. The van der Waals surface area contributed by atoms with Crippen molar-refractivity contribution in [1.82, 2.24) is 4.90 Å². The zero-order chi connectivity index (χ0) is 10.7. The molecular formula is C11H13BrINO. The Kier molecular flexibility index (Phi) is 4.16. The summed E-state index contributed by atoms with van der Waals surface area (Å²) in [6, 6.07) is 0. The van der Waals surface area contributed by atoms with Crippen LogP contribution in [0, 0.1) is 0 Å². The number of rotatable bonds is 2. The van der Waals surface area contributed by atoms with Crippen molar-refractivity contribution in [2.24, 2.45) is 0 Å². The van der Waals surface area contributed by atoms with E-state index < -0.39 is 0 Å². The molecule has 0 unspecified atom stereocenters. The van der Waals surface area contributed by atoms with Gasteiger partial charge in [-0.1, -0.05) is 33.4 Å². The van der Waals surface area contributed by atoms with Gasteiger partial charge in [0, 0.05) is 24.4 Å². The molecule has 2 nitrogen and oxygen atoms in total. The Morgan fingerprint density at radius 3 is 2.73 bits per heavy atom. The van der Waals surface area contributed by atoms with Gasteiger partial charge in [0.2, 0.25) is 0 Å². The van der Waals surface area contributed by atoms with E-state index in [1.807, 2.05) is 0 Å². The van der Waals surface area contributed by atoms with Gasteiger partial charge in [-0.25, -0.2) is 0 Å². The lowest BCUT2D eigenvalue weighted by atomic mass is 10.2. The van der Waals surface area contributed by atoms with Crippen molar-refractivity contribution < 1.29 is 4.74 Å². The van der Waals surface area contributed by atoms with Gasteiger partial charge >= 0.3 is 0 Å². The monoisotopic (exact) mass is 381 g/mol. The maximum Gasteiger partial charge on any atom is 0.0642 e. The number of hydrogen-bond acceptors (Lipinski definition) is 2. The Balaban J connectivity index is 2.05. The molecule has 0 aliphatic carbocycles. The molecule has 0 aromatic rings. The Labute approximate surface area is 109 Å². The molecule has 82 valence electrons. The smallest absolute Gasteiger partial charge is 0.0642 e. The van der Waals surface area contributed by atoms with Gasteiger partial charge in [0.15, 0.2) is 0 Å². The highest BCUT2D eigenvalue weighted by molar-refractivity contribution is 14.2. The molecule has 0 atom stereocenters. The molecular weight excluding hydrogens is 369 g/mol. The van der Waals surface area contributed by atoms with Crippen LogP contribution in [0.25, 0.3) is 0 Å². The second-order valence-electron chi connectivity index (χ2n) is 3.34. The van der Waals surface area contributed by atoms with Crippen molar-refractivity contribution in [2.75, 3.05) is 26.3 Å². The maximum absolute atomic E-state index is 5.33. The molecule has 15 heavy (non-hydrogen) atoms. The van der Waals surface area contributed by atoms with Crippen LogP contribution in [0.5, 0.6) is 0 Å². The highest BCUT2D eigenvalue weighted by Gasteiger charge is 2.14. The van der Waals surface area contributed by atoms with Gasteiger partial charge in [-0.05, 0) is 26.1 Å². The minimum Gasteiger partial charge on any atom is -0.378 e. The summed E-state index contributed by atoms with van der Waals surface area (Å²) in [4.78, 5) is 2.31. The summed E-state index contributed by atoms with van der Waals surface area (Å²) >= 11 is 3.55. The highest BCUT2D eigenvalue weighted by atomic mass is 127. The summed E-state index contributed by atoms with van der Waals surface area (Å²) in [5.41, 5.74) is 2.43. The van der Waals surface area contributed by atoms with Crippen LogP contribution in [0.1, 0.15) is 0 Å². The van der Waals surface area contributed by atoms with Crippen LogP contribution in [0.15, 0.2) is 34.1 Å². The average Bonchev–Trinajstić information content (AvgIpc) is 2.30. The predicted molar refractivity (Wildman–Crippen MR) is 76.7 cm³/mol. The molecule has 1 fully saturated rings. The first kappa shape index (κ1) is 11.5. The first-order valence-corrected chi connectivity index (χ1v) is 7.95. The van der Waals surface area contributed by atoms with E-state index >= 15 is 0 Å². The molecule has 0 aromatic heterocycles. The van der Waals surface area contributed by atoms with Gasteiger partial charge in [0.05, 0.1) is 15.6 Å². The first-order valence-electron chi connectivity index (χ1n) is 4.83. The van der Waals surface area contributed by atoms with Gasteiger partial charge in [0.1, 0.15) is 0 Å². The standard InChI is InChI=1S/C11H13BrINO/c1-9(14-4-6-15-7-5-14)10-2-3-11(12)13-8-10/h2-3,8H,1,4-7H2. The first-order chi connectivity index (χ1) is 7.27. The minimum atomic E-state index is 0.0213. The van der Waals surface area contributed by atoms with Crippen LogP contribution >= 0.6 is 36.7 Å². The molecule has 0 N–H and O–H groups in total. The largest absolute Gasteiger partial charge is 0.378 e. The topological polar surface area (TPSA) is 12.5 Å². The molecule has 2 aliphatic heterocycles. The molecule has 0 amide bonds. The lowest BCUT2D eigenvalue weighted by Crippen LogP contribution is -2.35. The Hall–Kier alpha value is 0.0600. The second-order valence-corrected chi connectivity index (χ2v) is 8.09. The van der Waals surface area contributed by atoms with E-state index in [1.54, 1.807) is 0 Å². The fourth-order valence-corrected chi connectivity index (χ4v) is 3.81. The minimum absolute atomic E-state index is 0.0213. The fourth-order valence-electron chi connectivity index (χ4n) is 1.51. The average molecular weight is 382 g/mol. The molecule has 1 saturated heterocycles. The fraction of sp³-hybridized carbons (Fsp3) is 0.364. The van der Waals surface area contributed by atoms with Crippen molar-refractivity contribution in [3.8, 4) is 0 Å². The van der Waals surface area contributed by atoms with Crippen LogP contribution in [0.4, 0.5) is 0 Å². The molecule has 0 aromatic carbocycles. The number of hydrogen-bond donors (Lipinski definition) is 0. The molecule has 0 radical (unpaired) electrons. The van der Waals surface area contributed by atoms with Crippen LogP contribution in [0.3, 0.4) is 0 Å². The van der Waals surface area contributed by atoms with Gasteiger partial charge < -0.3 is 9.64 Å². The zero-order valence-electron chi connectivity index (χ0n) is 8.38. The van der Waals surface area contributed by atoms with Crippen LogP contribution in [-0.4, -0.2) is 33.6 Å². The summed E-state index contributed by atoms with van der Waals surface area (Å²) < 4.78 is 8.98. The third-order valence-electron chi connectivity index (χ3n) is 2.39. The lowest BCUT2D eigenvalue weighted by molar-refractivity contribution is 0.0552. The summed E-state index contributed by atoms with van der Waals surface area (Å²) in [5, 5.41) is 0. The van der Waals surface area contributed by atoms with Crippen molar-refractivity contribution in [1.29, 1.82) is 0 Å². The summed E-state index contributed by atoms with van der Waals surface area (Å²) in [6.45, 7) is 7.74. The van der Waals surface area contributed by atoms with E-state index in [2.05, 4.69) is 43.6 Å². The molecule has 0 saturated carbocycles. The summed E-state index contributed by atoms with van der Waals surface area (Å²) in [7, 11) is 0. The normalized spacial score (nSPS) is 21.5. The van der Waals surface area contributed by atoms with Crippen molar-refractivity contribution in [3.05, 3.63) is 34.1 Å². The summed E-state index contributed by atoms with van der Waals surface area (Å²) in [6.07, 6.45) is 4.29. The van der Waals surface area contributed by atoms with E-state index in [-0.39, 0.29) is 20.7 Å². The number of morpholine rings is 1. The van der Waals surface area contributed by atoms with Crippen LogP contribution in [0.2, 0.25) is 0 Å². The van der Waals surface area contributed by atoms with Gasteiger partial charge in [0.25, 0.3) is 0 Å². The molecule has 0 bridgehead atoms. The third kappa shape index (κ3) is 3.01. The van der Waals surface area contributed by atoms with Crippen molar-refractivity contribution >= 4 is 39.1 Å². The van der Waals surface area contributed by atoms with E-state index in [9.17, 15) is 0 Å². The van der Waals surface area contributed by atoms with Crippen LogP contribution < -0.4 is 0 Å². The van der Waals surface area contributed by atoms with E-state index in [1.165, 1.54) is 7.99 Å². The van der Waals surface area contributed by atoms with E-state index in [4.69, 9.17) is 4.74 Å². The number of ether oxygens (including phenoxy) is 1. The Morgan fingerprint density at radius 1 is 1.40 bits per heavy atom. The predicted octanol–water partition coefficient (Wildman–Crippen LogP) is 2.78. The quantitative estimate of drug-likeness (QED) is 0.682. The van der Waals surface area contributed by atoms with Gasteiger partial charge in [-0.2, -0.15) is 0 Å². The maximum atomic E-state index is 5.33. The number of halogens is 2. The Bertz CT molecular complexity index is 354. The Morgan fingerprint density at radius 2 is 2.13 bits per heavy atom. The van der Waals surface area contributed by atoms with Crippen molar-refractivity contribution in [2.45, 2.75) is 0 Å². The van der Waals surface area contributed by atoms with Crippen LogP contribution in [-0.2, 0) is 4.74 Å². The highest BCUT2D eigenvalue weighted by Crippen LogP contribution is 2.25. The third-order valence-corrected chi connectivity index (χ3v) is 5.75. The summed E-state index contributed by atoms with van der Waals surface area (Å²) in [5.74, 6) is 0. The number of allylic oxidation sites excluding steroid dienone is 2. The van der Waals surface area contributed by atoms with Gasteiger partial charge in [-0.15, -0.1) is 0 Å². The van der Waals surface area contributed by atoms with E-state index in [0.717, 1.165) is 32.0 Å². The van der Waals surface area contributed by atoms with E-state index in [0.29, 0.717) is 0 Å². The lowest BCUT2D eigenvalue weighted by Gasteiger charge is -2.31. The SMILES string of the molecule is C=C(C1=CI=C(Br)C=C1)N1CCOCC1. The zero-order valence-corrected chi connectivity index (χ0v) is 12.1. The molecule has 0 spiro atoms. The molecule has 2 aliphatic rings. The van der Waals surface area contributed by atoms with Crippen molar-refractivity contribution in [3.63, 3.8) is 0 Å². The number of nitrogens with zero attached hydrogens (tertiary/aromatic N) is 1. The molecule has 2 heterocycles. The molecule has 4 heteroatoms.